The van der Waals surface area contributed by atoms with Gasteiger partial charge in [-0.2, -0.15) is 13.2 Å². The standard InChI is InChI=1S/C17H16F3N3OS/c1-4-25(24)14-8-11(17(18,19)20)5-6-12(14)15-22-13-7-10(2)9-21-16(13)23(15)3/h5-9H,4H2,1-3H3. The number of imidazole rings is 1. The predicted octanol–water partition coefficient (Wildman–Crippen LogP) is 4.09. The first kappa shape index (κ1) is 17.6. The Kier molecular flexibility index (Phi) is 4.40. The van der Waals surface area contributed by atoms with Crippen LogP contribution >= 0.6 is 0 Å². The van der Waals surface area contributed by atoms with Crippen LogP contribution in [0.15, 0.2) is 35.4 Å². The van der Waals surface area contributed by atoms with Gasteiger partial charge in [-0.15, -0.1) is 0 Å². The minimum atomic E-state index is -4.49. The molecule has 0 spiro atoms. The lowest BCUT2D eigenvalue weighted by atomic mass is 10.1. The Morgan fingerprint density at radius 1 is 1.24 bits per heavy atom. The molecule has 1 unspecified atom stereocenters. The van der Waals surface area contributed by atoms with E-state index in [0.29, 0.717) is 22.6 Å². The third-order valence-electron chi connectivity index (χ3n) is 3.90. The summed E-state index contributed by atoms with van der Waals surface area (Å²) in [4.78, 5) is 8.95. The number of fused-ring (bicyclic) bond motifs is 1. The molecule has 3 rings (SSSR count). The molecule has 1 aromatic carbocycles. The second-order valence-electron chi connectivity index (χ2n) is 5.69. The van der Waals surface area contributed by atoms with E-state index in [4.69, 9.17) is 0 Å². The maximum Gasteiger partial charge on any atom is 0.416 e. The van der Waals surface area contributed by atoms with Crippen molar-refractivity contribution in [1.82, 2.24) is 14.5 Å². The zero-order valence-corrected chi connectivity index (χ0v) is 14.7. The highest BCUT2D eigenvalue weighted by Crippen LogP contribution is 2.35. The first-order valence-corrected chi connectivity index (χ1v) is 8.93. The van der Waals surface area contributed by atoms with E-state index in [2.05, 4.69) is 9.97 Å². The fourth-order valence-electron chi connectivity index (χ4n) is 2.64. The number of rotatable bonds is 3. The zero-order valence-electron chi connectivity index (χ0n) is 13.9. The summed E-state index contributed by atoms with van der Waals surface area (Å²) in [6.45, 7) is 3.55. The molecule has 1 atom stereocenters. The van der Waals surface area contributed by atoms with Gasteiger partial charge >= 0.3 is 6.18 Å². The summed E-state index contributed by atoms with van der Waals surface area (Å²) in [5, 5.41) is 0. The summed E-state index contributed by atoms with van der Waals surface area (Å²) in [7, 11) is 0.184. The van der Waals surface area contributed by atoms with E-state index in [9.17, 15) is 17.4 Å². The lowest BCUT2D eigenvalue weighted by Gasteiger charge is -2.13. The molecule has 0 aliphatic carbocycles. The van der Waals surface area contributed by atoms with Crippen LogP contribution in [0.4, 0.5) is 13.2 Å². The van der Waals surface area contributed by atoms with Crippen molar-refractivity contribution in [3.8, 4) is 11.4 Å². The van der Waals surface area contributed by atoms with Gasteiger partial charge in [0.25, 0.3) is 0 Å². The van der Waals surface area contributed by atoms with Crippen LogP contribution in [-0.2, 0) is 24.0 Å². The van der Waals surface area contributed by atoms with E-state index < -0.39 is 22.5 Å². The van der Waals surface area contributed by atoms with Gasteiger partial charge in [0.2, 0.25) is 0 Å². The lowest BCUT2D eigenvalue weighted by Crippen LogP contribution is -2.08. The van der Waals surface area contributed by atoms with Gasteiger partial charge in [0.05, 0.1) is 21.3 Å². The van der Waals surface area contributed by atoms with Crippen LogP contribution in [0.3, 0.4) is 0 Å². The van der Waals surface area contributed by atoms with Crippen molar-refractivity contribution in [2.24, 2.45) is 7.05 Å². The summed E-state index contributed by atoms with van der Waals surface area (Å²) in [5.41, 5.74) is 1.80. The molecule has 25 heavy (non-hydrogen) atoms. The first-order chi connectivity index (χ1) is 11.7. The highest BCUT2D eigenvalue weighted by Gasteiger charge is 2.32. The van der Waals surface area contributed by atoms with Gasteiger partial charge in [-0.1, -0.05) is 6.92 Å². The molecule has 2 aromatic heterocycles. The number of halogens is 3. The second kappa shape index (κ2) is 6.25. The molecule has 0 bridgehead atoms. The summed E-state index contributed by atoms with van der Waals surface area (Å²) in [5.74, 6) is 0.661. The Morgan fingerprint density at radius 2 is 1.96 bits per heavy atom. The molecule has 0 radical (unpaired) electrons. The van der Waals surface area contributed by atoms with Crippen molar-refractivity contribution in [3.63, 3.8) is 0 Å². The van der Waals surface area contributed by atoms with E-state index >= 15 is 0 Å². The van der Waals surface area contributed by atoms with Crippen molar-refractivity contribution in [2.75, 3.05) is 5.75 Å². The third-order valence-corrected chi connectivity index (χ3v) is 5.26. The number of nitrogens with zero attached hydrogens (tertiary/aromatic N) is 3. The summed E-state index contributed by atoms with van der Waals surface area (Å²) < 4.78 is 53.2. The monoisotopic (exact) mass is 367 g/mol. The first-order valence-electron chi connectivity index (χ1n) is 7.61. The quantitative estimate of drug-likeness (QED) is 0.701. The summed E-state index contributed by atoms with van der Waals surface area (Å²) in [6, 6.07) is 5.13. The van der Waals surface area contributed by atoms with E-state index in [-0.39, 0.29) is 10.6 Å². The number of hydrogen-bond donors (Lipinski definition) is 0. The Morgan fingerprint density at radius 3 is 2.60 bits per heavy atom. The smallest absolute Gasteiger partial charge is 0.312 e. The van der Waals surface area contributed by atoms with E-state index in [1.165, 1.54) is 6.07 Å². The highest BCUT2D eigenvalue weighted by molar-refractivity contribution is 7.85. The molecule has 4 nitrogen and oxygen atoms in total. The minimum Gasteiger partial charge on any atom is -0.312 e. The number of alkyl halides is 3. The minimum absolute atomic E-state index is 0.132. The van der Waals surface area contributed by atoms with Gasteiger partial charge in [-0.05, 0) is 36.8 Å². The van der Waals surface area contributed by atoms with Crippen LogP contribution in [-0.4, -0.2) is 24.5 Å². The molecular weight excluding hydrogens is 351 g/mol. The van der Waals surface area contributed by atoms with E-state index in [0.717, 1.165) is 17.7 Å². The molecule has 0 fully saturated rings. The summed E-state index contributed by atoms with van der Waals surface area (Å²) in [6.07, 6.45) is -2.79. The van der Waals surface area contributed by atoms with Gasteiger partial charge in [-0.25, -0.2) is 9.97 Å². The molecule has 3 aromatic rings. The largest absolute Gasteiger partial charge is 0.416 e. The van der Waals surface area contributed by atoms with Crippen molar-refractivity contribution in [1.29, 1.82) is 0 Å². The molecule has 0 aliphatic heterocycles. The molecule has 0 saturated heterocycles. The molecule has 0 N–H and O–H groups in total. The fraction of sp³-hybridized carbons (Fsp3) is 0.294. The van der Waals surface area contributed by atoms with Crippen molar-refractivity contribution in [2.45, 2.75) is 24.9 Å². The van der Waals surface area contributed by atoms with Gasteiger partial charge in [-0.3, -0.25) is 4.21 Å². The van der Waals surface area contributed by atoms with Crippen molar-refractivity contribution in [3.05, 3.63) is 41.6 Å². The maximum absolute atomic E-state index is 13.0. The van der Waals surface area contributed by atoms with E-state index in [1.54, 1.807) is 24.7 Å². The van der Waals surface area contributed by atoms with Gasteiger partial charge in [0.1, 0.15) is 11.3 Å². The molecule has 0 aliphatic rings. The Labute approximate surface area is 145 Å². The normalized spacial score (nSPS) is 13.4. The molecule has 2 heterocycles. The number of aryl methyl sites for hydroxylation is 2. The molecular formula is C17H16F3N3OS. The van der Waals surface area contributed by atoms with Crippen LogP contribution in [0.5, 0.6) is 0 Å². The number of hydrogen-bond acceptors (Lipinski definition) is 3. The Hall–Kier alpha value is -2.22. The topological polar surface area (TPSA) is 47.8 Å². The van der Waals surface area contributed by atoms with Gasteiger partial charge in [0, 0.05) is 24.6 Å². The third kappa shape index (κ3) is 3.18. The Bertz CT molecular complexity index is 979. The predicted molar refractivity (Wildman–Crippen MR) is 90.6 cm³/mol. The van der Waals surface area contributed by atoms with E-state index in [1.807, 2.05) is 13.0 Å². The second-order valence-corrected chi connectivity index (χ2v) is 7.40. The van der Waals surface area contributed by atoms with Crippen LogP contribution in [0.2, 0.25) is 0 Å². The highest BCUT2D eigenvalue weighted by atomic mass is 32.2. The maximum atomic E-state index is 13.0. The molecule has 132 valence electrons. The molecule has 8 heteroatoms. The van der Waals surface area contributed by atoms with Crippen LogP contribution < -0.4 is 0 Å². The SMILES string of the molecule is CCS(=O)c1cc(C(F)(F)F)ccc1-c1nc2cc(C)cnc2n1C. The van der Waals surface area contributed by atoms with Crippen LogP contribution in [0.25, 0.3) is 22.6 Å². The average Bonchev–Trinajstić information content (AvgIpc) is 2.88. The molecule has 0 saturated carbocycles. The fourth-order valence-corrected chi connectivity index (χ4v) is 3.62. The van der Waals surface area contributed by atoms with Gasteiger partial charge < -0.3 is 4.57 Å². The lowest BCUT2D eigenvalue weighted by molar-refractivity contribution is -0.137. The average molecular weight is 367 g/mol. The number of pyridine rings is 1. The van der Waals surface area contributed by atoms with Crippen LogP contribution in [0, 0.1) is 6.92 Å². The Balaban J connectivity index is 2.26. The van der Waals surface area contributed by atoms with Crippen molar-refractivity contribution < 1.29 is 17.4 Å². The summed E-state index contributed by atoms with van der Waals surface area (Å²) >= 11 is 0. The van der Waals surface area contributed by atoms with Crippen molar-refractivity contribution >= 4 is 22.0 Å². The number of benzene rings is 1. The van der Waals surface area contributed by atoms with Gasteiger partial charge in [0.15, 0.2) is 5.65 Å². The van der Waals surface area contributed by atoms with Crippen LogP contribution in [0.1, 0.15) is 18.1 Å². The molecule has 0 amide bonds. The number of aromatic nitrogens is 3. The zero-order chi connectivity index (χ0) is 18.4.